The summed E-state index contributed by atoms with van der Waals surface area (Å²) in [5.74, 6) is -0.381. The van der Waals surface area contributed by atoms with Crippen LogP contribution in [0.5, 0.6) is 0 Å². The van der Waals surface area contributed by atoms with Gasteiger partial charge in [0.05, 0.1) is 30.8 Å². The second-order valence-electron chi connectivity index (χ2n) is 12.1. The molecule has 0 saturated carbocycles. The van der Waals surface area contributed by atoms with Crippen LogP contribution >= 0.6 is 0 Å². The summed E-state index contributed by atoms with van der Waals surface area (Å²) in [5.41, 5.74) is 0. The van der Waals surface area contributed by atoms with Gasteiger partial charge in [-0.2, -0.15) is 0 Å². The number of unbranched alkanes of at least 4 members (excludes halogenated alkanes) is 8. The number of carbonyl (C=O) groups excluding carboxylic acids is 1. The molecule has 2 aliphatic rings. The van der Waals surface area contributed by atoms with Crippen LogP contribution in [-0.4, -0.2) is 105 Å². The molecule has 5 N–H and O–H groups in total. The SMILES string of the molecule is CCCCCCCC(C)OC(=O)CC(CCCCCCC)OC1OC(C)C(O)C(O)C1OC1OC(C)C(O)C(O)C1O. The first kappa shape index (κ1) is 37.3. The molecule has 11 nitrogen and oxygen atoms in total. The van der Waals surface area contributed by atoms with Crippen LogP contribution in [0.15, 0.2) is 0 Å². The minimum absolute atomic E-state index is 0.0158. The van der Waals surface area contributed by atoms with E-state index in [0.717, 1.165) is 51.4 Å². The number of aliphatic hydroxyl groups is 5. The predicted molar refractivity (Wildman–Crippen MR) is 155 cm³/mol. The van der Waals surface area contributed by atoms with Crippen LogP contribution in [-0.2, 0) is 28.5 Å². The third kappa shape index (κ3) is 11.9. The fraction of sp³-hybridized carbons (Fsp3) is 0.968. The number of hydrogen-bond acceptors (Lipinski definition) is 11. The van der Waals surface area contributed by atoms with Crippen molar-refractivity contribution in [3.05, 3.63) is 0 Å². The summed E-state index contributed by atoms with van der Waals surface area (Å²) in [7, 11) is 0. The van der Waals surface area contributed by atoms with Crippen molar-refractivity contribution in [1.29, 1.82) is 0 Å². The Morgan fingerprint density at radius 1 is 0.690 bits per heavy atom. The second kappa shape index (κ2) is 19.5. The number of ether oxygens (including phenoxy) is 5. The van der Waals surface area contributed by atoms with Gasteiger partial charge in [0, 0.05) is 0 Å². The lowest BCUT2D eigenvalue weighted by Crippen LogP contribution is -2.63. The van der Waals surface area contributed by atoms with Crippen LogP contribution in [0.1, 0.15) is 118 Å². The summed E-state index contributed by atoms with van der Waals surface area (Å²) in [6, 6.07) is 0. The summed E-state index contributed by atoms with van der Waals surface area (Å²) < 4.78 is 29.3. The Bertz CT molecular complexity index is 740. The van der Waals surface area contributed by atoms with E-state index in [-0.39, 0.29) is 18.5 Å². The van der Waals surface area contributed by atoms with E-state index < -0.39 is 67.5 Å². The molecule has 12 unspecified atom stereocenters. The maximum absolute atomic E-state index is 12.9. The van der Waals surface area contributed by atoms with Crippen molar-refractivity contribution in [3.63, 3.8) is 0 Å². The fourth-order valence-corrected chi connectivity index (χ4v) is 5.47. The Balaban J connectivity index is 2.09. The average molecular weight is 607 g/mol. The Morgan fingerprint density at radius 2 is 1.21 bits per heavy atom. The molecule has 12 atom stereocenters. The van der Waals surface area contributed by atoms with Gasteiger partial charge in [0.1, 0.15) is 36.6 Å². The van der Waals surface area contributed by atoms with Gasteiger partial charge >= 0.3 is 5.97 Å². The molecule has 42 heavy (non-hydrogen) atoms. The molecule has 0 aromatic carbocycles. The first-order chi connectivity index (χ1) is 20.0. The highest BCUT2D eigenvalue weighted by atomic mass is 16.8. The number of rotatable bonds is 19. The lowest BCUT2D eigenvalue weighted by molar-refractivity contribution is -0.366. The van der Waals surface area contributed by atoms with Crippen LogP contribution in [0.25, 0.3) is 0 Å². The third-order valence-corrected chi connectivity index (χ3v) is 8.28. The van der Waals surface area contributed by atoms with Crippen molar-refractivity contribution in [1.82, 2.24) is 0 Å². The van der Waals surface area contributed by atoms with E-state index in [0.29, 0.717) is 6.42 Å². The maximum atomic E-state index is 12.9. The van der Waals surface area contributed by atoms with Gasteiger partial charge in [-0.15, -0.1) is 0 Å². The van der Waals surface area contributed by atoms with Crippen molar-refractivity contribution in [2.75, 3.05) is 0 Å². The molecule has 0 amide bonds. The fourth-order valence-electron chi connectivity index (χ4n) is 5.47. The monoisotopic (exact) mass is 606 g/mol. The van der Waals surface area contributed by atoms with Crippen molar-refractivity contribution >= 4 is 5.97 Å². The summed E-state index contributed by atoms with van der Waals surface area (Å²) in [6.45, 7) is 9.31. The Hall–Kier alpha value is -0.890. The molecule has 2 rings (SSSR count). The Morgan fingerprint density at radius 3 is 1.81 bits per heavy atom. The molecule has 2 saturated heterocycles. The van der Waals surface area contributed by atoms with Gasteiger partial charge in [0.25, 0.3) is 0 Å². The molecule has 2 aliphatic heterocycles. The number of esters is 1. The van der Waals surface area contributed by atoms with Gasteiger partial charge in [-0.1, -0.05) is 71.6 Å². The van der Waals surface area contributed by atoms with Crippen molar-refractivity contribution < 1.29 is 54.0 Å². The maximum Gasteiger partial charge on any atom is 0.308 e. The predicted octanol–water partition coefficient (Wildman–Crippen LogP) is 3.09. The lowest BCUT2D eigenvalue weighted by atomic mass is 9.97. The number of aliphatic hydroxyl groups excluding tert-OH is 5. The van der Waals surface area contributed by atoms with Crippen LogP contribution in [0.2, 0.25) is 0 Å². The lowest BCUT2D eigenvalue weighted by Gasteiger charge is -2.46. The van der Waals surface area contributed by atoms with Crippen LogP contribution in [0.3, 0.4) is 0 Å². The minimum Gasteiger partial charge on any atom is -0.463 e. The molecular weight excluding hydrogens is 548 g/mol. The molecular formula is C31H58O11. The summed E-state index contributed by atoms with van der Waals surface area (Å²) in [5, 5.41) is 52.2. The molecule has 0 aromatic rings. The highest BCUT2D eigenvalue weighted by Crippen LogP contribution is 2.31. The molecule has 11 heteroatoms. The van der Waals surface area contributed by atoms with Gasteiger partial charge in [0.15, 0.2) is 12.6 Å². The molecule has 2 heterocycles. The minimum atomic E-state index is -1.62. The third-order valence-electron chi connectivity index (χ3n) is 8.28. The standard InChI is InChI=1S/C31H58O11/c1-6-8-10-12-14-16-19(3)38-23(32)18-22(17-15-13-11-9-7-2)41-31-29(27(36)25(34)21(5)40-31)42-30-28(37)26(35)24(33)20(4)39-30/h19-22,24-31,33-37H,6-18H2,1-5H3. The number of hydrogen-bond donors (Lipinski definition) is 5. The molecule has 2 fully saturated rings. The van der Waals surface area contributed by atoms with E-state index in [1.165, 1.54) is 26.2 Å². The zero-order chi connectivity index (χ0) is 31.2. The Kier molecular flexibility index (Phi) is 17.3. The molecule has 248 valence electrons. The van der Waals surface area contributed by atoms with Gasteiger partial charge in [-0.3, -0.25) is 4.79 Å². The summed E-state index contributed by atoms with van der Waals surface area (Å²) >= 11 is 0. The zero-order valence-corrected chi connectivity index (χ0v) is 26.3. The van der Waals surface area contributed by atoms with E-state index in [1.54, 1.807) is 6.92 Å². The highest BCUT2D eigenvalue weighted by Gasteiger charge is 2.50. The van der Waals surface area contributed by atoms with Crippen molar-refractivity contribution in [3.8, 4) is 0 Å². The highest BCUT2D eigenvalue weighted by molar-refractivity contribution is 5.70. The van der Waals surface area contributed by atoms with Gasteiger partial charge in [0.2, 0.25) is 0 Å². The summed E-state index contributed by atoms with van der Waals surface area (Å²) in [6.07, 6.45) is -1.64. The largest absolute Gasteiger partial charge is 0.463 e. The van der Waals surface area contributed by atoms with E-state index in [4.69, 9.17) is 23.7 Å². The molecule has 0 aliphatic carbocycles. The van der Waals surface area contributed by atoms with Gasteiger partial charge < -0.3 is 49.2 Å². The van der Waals surface area contributed by atoms with Crippen molar-refractivity contribution in [2.24, 2.45) is 0 Å². The Labute approximate surface area is 251 Å². The van der Waals surface area contributed by atoms with E-state index in [2.05, 4.69) is 13.8 Å². The van der Waals surface area contributed by atoms with Crippen LogP contribution < -0.4 is 0 Å². The topological polar surface area (TPSA) is 164 Å². The van der Waals surface area contributed by atoms with Crippen LogP contribution in [0.4, 0.5) is 0 Å². The first-order valence-electron chi connectivity index (χ1n) is 16.2. The molecule has 0 aromatic heterocycles. The van der Waals surface area contributed by atoms with E-state index in [9.17, 15) is 30.3 Å². The first-order valence-corrected chi connectivity index (χ1v) is 16.2. The van der Waals surface area contributed by atoms with Gasteiger partial charge in [-0.25, -0.2) is 0 Å². The second-order valence-corrected chi connectivity index (χ2v) is 12.1. The van der Waals surface area contributed by atoms with Gasteiger partial charge in [-0.05, 0) is 40.0 Å². The molecule has 0 spiro atoms. The number of carbonyl (C=O) groups is 1. The smallest absolute Gasteiger partial charge is 0.308 e. The molecule has 0 bridgehead atoms. The van der Waals surface area contributed by atoms with Crippen molar-refractivity contribution in [2.45, 2.75) is 192 Å². The van der Waals surface area contributed by atoms with E-state index in [1.807, 2.05) is 6.92 Å². The molecule has 0 radical (unpaired) electrons. The summed E-state index contributed by atoms with van der Waals surface area (Å²) in [4.78, 5) is 12.9. The average Bonchev–Trinajstić information content (AvgIpc) is 2.94. The van der Waals surface area contributed by atoms with E-state index >= 15 is 0 Å². The van der Waals surface area contributed by atoms with Crippen LogP contribution in [0, 0.1) is 0 Å². The quantitative estimate of drug-likeness (QED) is 0.108. The zero-order valence-electron chi connectivity index (χ0n) is 26.3. The normalized spacial score (nSPS) is 35.1.